The average Bonchev–Trinajstić information content (AvgIpc) is 2.45. The van der Waals surface area contributed by atoms with Gasteiger partial charge < -0.3 is 15.8 Å². The smallest absolute Gasteiger partial charge is 0.255 e. The van der Waals surface area contributed by atoms with Crippen LogP contribution in [-0.2, 0) is 11.3 Å². The number of ether oxygens (including phenoxy) is 1. The van der Waals surface area contributed by atoms with E-state index in [1.165, 1.54) is 12.1 Å². The third kappa shape index (κ3) is 4.65. The van der Waals surface area contributed by atoms with Crippen LogP contribution in [0.25, 0.3) is 0 Å². The van der Waals surface area contributed by atoms with E-state index in [0.717, 1.165) is 11.3 Å². The summed E-state index contributed by atoms with van der Waals surface area (Å²) in [5.74, 6) is -0.331. The number of carbonyl (C=O) groups is 1. The topological polar surface area (TPSA) is 64.4 Å². The minimum absolute atomic E-state index is 0.155. The van der Waals surface area contributed by atoms with Crippen molar-refractivity contribution in [2.75, 3.05) is 11.9 Å². The van der Waals surface area contributed by atoms with Crippen LogP contribution < -0.4 is 15.8 Å². The maximum absolute atomic E-state index is 12.9. The lowest BCUT2D eigenvalue weighted by Gasteiger charge is -2.09. The van der Waals surface area contributed by atoms with Gasteiger partial charge in [0.25, 0.3) is 5.91 Å². The van der Waals surface area contributed by atoms with Crippen molar-refractivity contribution in [3.8, 4) is 5.75 Å². The van der Waals surface area contributed by atoms with Gasteiger partial charge in [0.1, 0.15) is 11.6 Å². The molecule has 0 fully saturated rings. The molecule has 0 aliphatic heterocycles. The predicted molar refractivity (Wildman–Crippen MR) is 79.9 cm³/mol. The molecular weight excluding hydrogens is 295 g/mol. The summed E-state index contributed by atoms with van der Waals surface area (Å²) in [6.45, 7) is 0.318. The molecule has 0 spiro atoms. The van der Waals surface area contributed by atoms with Gasteiger partial charge in [-0.05, 0) is 42.0 Å². The van der Waals surface area contributed by atoms with Crippen LogP contribution in [0, 0.1) is 5.82 Å². The molecule has 0 heterocycles. The number of anilines is 1. The van der Waals surface area contributed by atoms with Crippen molar-refractivity contribution < 1.29 is 13.9 Å². The van der Waals surface area contributed by atoms with Crippen molar-refractivity contribution in [1.82, 2.24) is 0 Å². The van der Waals surface area contributed by atoms with E-state index < -0.39 is 5.91 Å². The fourth-order valence-electron chi connectivity index (χ4n) is 1.69. The van der Waals surface area contributed by atoms with Gasteiger partial charge in [0.05, 0.1) is 0 Å². The van der Waals surface area contributed by atoms with Crippen molar-refractivity contribution in [3.63, 3.8) is 0 Å². The molecule has 0 radical (unpaired) electrons. The van der Waals surface area contributed by atoms with Crippen molar-refractivity contribution in [1.29, 1.82) is 0 Å². The summed E-state index contributed by atoms with van der Waals surface area (Å²) in [6, 6.07) is 11.3. The van der Waals surface area contributed by atoms with E-state index in [-0.39, 0.29) is 12.4 Å². The molecule has 21 heavy (non-hydrogen) atoms. The molecule has 110 valence electrons. The van der Waals surface area contributed by atoms with Crippen LogP contribution in [0.3, 0.4) is 0 Å². The van der Waals surface area contributed by atoms with E-state index in [2.05, 4.69) is 5.32 Å². The predicted octanol–water partition coefficient (Wildman–Crippen LogP) is 2.96. The molecule has 2 rings (SSSR count). The summed E-state index contributed by atoms with van der Waals surface area (Å²) < 4.78 is 18.1. The molecule has 3 N–H and O–H groups in total. The van der Waals surface area contributed by atoms with Gasteiger partial charge in [0.15, 0.2) is 6.61 Å². The summed E-state index contributed by atoms with van der Waals surface area (Å²) in [4.78, 5) is 10.6. The molecule has 0 aromatic heterocycles. The second-order valence-corrected chi connectivity index (χ2v) is 4.78. The van der Waals surface area contributed by atoms with Gasteiger partial charge in [-0.2, -0.15) is 0 Å². The Bertz CT molecular complexity index is 632. The van der Waals surface area contributed by atoms with Crippen LogP contribution >= 0.6 is 11.6 Å². The Morgan fingerprint density at radius 3 is 2.57 bits per heavy atom. The molecule has 0 saturated heterocycles. The van der Waals surface area contributed by atoms with Crippen molar-refractivity contribution in [3.05, 3.63) is 58.9 Å². The van der Waals surface area contributed by atoms with Gasteiger partial charge in [-0.3, -0.25) is 4.79 Å². The van der Waals surface area contributed by atoms with E-state index in [1.54, 1.807) is 30.3 Å². The lowest BCUT2D eigenvalue weighted by molar-refractivity contribution is -0.119. The normalized spacial score (nSPS) is 10.2. The second-order valence-electron chi connectivity index (χ2n) is 4.37. The number of hydrogen-bond acceptors (Lipinski definition) is 3. The standard InChI is InChI=1S/C15H14ClFN2O2/c16-14-7-11(17)2-1-10(14)8-19-12-3-5-13(6-4-12)21-9-15(18)20/h1-7,19H,8-9H2,(H2,18,20). The minimum atomic E-state index is -0.525. The quantitative estimate of drug-likeness (QED) is 0.862. The first-order valence-electron chi connectivity index (χ1n) is 6.23. The highest BCUT2D eigenvalue weighted by atomic mass is 35.5. The summed E-state index contributed by atoms with van der Waals surface area (Å²) in [5.41, 5.74) is 6.64. The van der Waals surface area contributed by atoms with E-state index in [0.29, 0.717) is 17.3 Å². The molecule has 0 bridgehead atoms. The van der Waals surface area contributed by atoms with Crippen LogP contribution in [-0.4, -0.2) is 12.5 Å². The number of amides is 1. The van der Waals surface area contributed by atoms with E-state index >= 15 is 0 Å². The third-order valence-corrected chi connectivity index (χ3v) is 3.09. The first-order valence-corrected chi connectivity index (χ1v) is 6.61. The number of benzene rings is 2. The molecule has 6 heteroatoms. The zero-order valence-electron chi connectivity index (χ0n) is 11.1. The fraction of sp³-hybridized carbons (Fsp3) is 0.133. The van der Waals surface area contributed by atoms with Crippen LogP contribution in [0.2, 0.25) is 5.02 Å². The van der Waals surface area contributed by atoms with Crippen LogP contribution in [0.1, 0.15) is 5.56 Å². The summed E-state index contributed by atoms with van der Waals surface area (Å²) in [6.07, 6.45) is 0. The monoisotopic (exact) mass is 308 g/mol. The molecule has 4 nitrogen and oxygen atoms in total. The molecule has 0 atom stereocenters. The van der Waals surface area contributed by atoms with Crippen LogP contribution in [0.4, 0.5) is 10.1 Å². The number of hydrogen-bond donors (Lipinski definition) is 2. The molecule has 2 aromatic rings. The third-order valence-electron chi connectivity index (χ3n) is 2.73. The molecule has 0 saturated carbocycles. The average molecular weight is 309 g/mol. The Morgan fingerprint density at radius 1 is 1.24 bits per heavy atom. The zero-order chi connectivity index (χ0) is 15.2. The van der Waals surface area contributed by atoms with Crippen molar-refractivity contribution >= 4 is 23.2 Å². The highest BCUT2D eigenvalue weighted by Gasteiger charge is 2.02. The number of halogens is 2. The number of primary amides is 1. The molecular formula is C15H14ClFN2O2. The highest BCUT2D eigenvalue weighted by Crippen LogP contribution is 2.20. The van der Waals surface area contributed by atoms with Gasteiger partial charge in [0, 0.05) is 17.3 Å². The molecule has 1 amide bonds. The van der Waals surface area contributed by atoms with Gasteiger partial charge in [-0.1, -0.05) is 17.7 Å². The second kappa shape index (κ2) is 6.95. The Kier molecular flexibility index (Phi) is 5.00. The summed E-state index contributed by atoms with van der Waals surface area (Å²) in [5, 5.41) is 3.54. The van der Waals surface area contributed by atoms with E-state index in [1.807, 2.05) is 0 Å². The van der Waals surface area contributed by atoms with Gasteiger partial charge in [0.2, 0.25) is 0 Å². The van der Waals surface area contributed by atoms with Gasteiger partial charge >= 0.3 is 0 Å². The first-order chi connectivity index (χ1) is 10.0. The molecule has 0 aliphatic rings. The lowest BCUT2D eigenvalue weighted by Crippen LogP contribution is -2.19. The largest absolute Gasteiger partial charge is 0.484 e. The maximum atomic E-state index is 12.9. The molecule has 0 aliphatic carbocycles. The number of carbonyl (C=O) groups excluding carboxylic acids is 1. The first kappa shape index (κ1) is 15.1. The van der Waals surface area contributed by atoms with E-state index in [4.69, 9.17) is 22.1 Å². The van der Waals surface area contributed by atoms with Crippen LogP contribution in [0.15, 0.2) is 42.5 Å². The Labute approximate surface area is 126 Å². The maximum Gasteiger partial charge on any atom is 0.255 e. The summed E-state index contributed by atoms with van der Waals surface area (Å²) >= 11 is 5.95. The van der Waals surface area contributed by atoms with Crippen molar-refractivity contribution in [2.24, 2.45) is 5.73 Å². The number of nitrogens with one attached hydrogen (secondary N) is 1. The summed E-state index contributed by atoms with van der Waals surface area (Å²) in [7, 11) is 0. The molecule has 0 unspecified atom stereocenters. The zero-order valence-corrected chi connectivity index (χ0v) is 11.9. The number of nitrogens with two attached hydrogens (primary N) is 1. The van der Waals surface area contributed by atoms with Gasteiger partial charge in [-0.25, -0.2) is 4.39 Å². The Balaban J connectivity index is 1.92. The Hall–Kier alpha value is -2.27. The Morgan fingerprint density at radius 2 is 1.95 bits per heavy atom. The molecule has 2 aromatic carbocycles. The fourth-order valence-corrected chi connectivity index (χ4v) is 1.92. The van der Waals surface area contributed by atoms with Crippen molar-refractivity contribution in [2.45, 2.75) is 6.54 Å². The highest BCUT2D eigenvalue weighted by molar-refractivity contribution is 6.31. The number of rotatable bonds is 6. The van der Waals surface area contributed by atoms with Crippen LogP contribution in [0.5, 0.6) is 5.75 Å². The lowest BCUT2D eigenvalue weighted by atomic mass is 10.2. The minimum Gasteiger partial charge on any atom is -0.484 e. The van der Waals surface area contributed by atoms with Gasteiger partial charge in [-0.15, -0.1) is 0 Å². The SMILES string of the molecule is NC(=O)COc1ccc(NCc2ccc(F)cc2Cl)cc1. The van der Waals surface area contributed by atoms with E-state index in [9.17, 15) is 9.18 Å².